The van der Waals surface area contributed by atoms with Gasteiger partial charge in [-0.1, -0.05) is 38.5 Å². The predicted molar refractivity (Wildman–Crippen MR) is 72.2 cm³/mol. The van der Waals surface area contributed by atoms with Gasteiger partial charge in [-0.3, -0.25) is 14.1 Å². The Labute approximate surface area is 118 Å². The average molecular weight is 310 g/mol. The van der Waals surface area contributed by atoms with Gasteiger partial charge in [-0.2, -0.15) is 8.42 Å². The molecule has 20 heavy (non-hydrogen) atoms. The summed E-state index contributed by atoms with van der Waals surface area (Å²) in [6.07, 6.45) is 5.35. The molecule has 0 aromatic rings. The lowest BCUT2D eigenvalue weighted by molar-refractivity contribution is -0.138. The minimum atomic E-state index is -4.53. The first-order chi connectivity index (χ1) is 9.25. The van der Waals surface area contributed by atoms with Crippen molar-refractivity contribution in [2.24, 2.45) is 0 Å². The van der Waals surface area contributed by atoms with Crippen LogP contribution < -0.4 is 0 Å². The Morgan fingerprint density at radius 1 is 0.850 bits per heavy atom. The van der Waals surface area contributed by atoms with Crippen molar-refractivity contribution in [1.29, 1.82) is 0 Å². The Morgan fingerprint density at radius 2 is 1.30 bits per heavy atom. The topological polar surface area (TPSA) is 129 Å². The van der Waals surface area contributed by atoms with E-state index in [-0.39, 0.29) is 12.8 Å². The van der Waals surface area contributed by atoms with Crippen LogP contribution in [0, 0.1) is 0 Å². The summed E-state index contributed by atoms with van der Waals surface area (Å²) in [7, 11) is -4.53. The van der Waals surface area contributed by atoms with Crippen LogP contribution >= 0.6 is 0 Å². The van der Waals surface area contributed by atoms with Crippen LogP contribution in [0.3, 0.4) is 0 Å². The third kappa shape index (κ3) is 9.74. The van der Waals surface area contributed by atoms with E-state index in [9.17, 15) is 18.0 Å². The van der Waals surface area contributed by atoms with Crippen molar-refractivity contribution in [3.8, 4) is 0 Å². The summed E-state index contributed by atoms with van der Waals surface area (Å²) >= 11 is 0. The van der Waals surface area contributed by atoms with Crippen LogP contribution in [0.1, 0.15) is 57.8 Å². The van der Waals surface area contributed by atoms with Gasteiger partial charge in [-0.25, -0.2) is 0 Å². The molecular weight excluding hydrogens is 288 g/mol. The Balaban J connectivity index is 3.61. The lowest BCUT2D eigenvalue weighted by Crippen LogP contribution is -2.29. The molecule has 0 rings (SSSR count). The maximum atomic E-state index is 10.8. The van der Waals surface area contributed by atoms with E-state index in [4.69, 9.17) is 14.8 Å². The molecule has 0 aliphatic rings. The van der Waals surface area contributed by atoms with E-state index in [1.807, 2.05) is 0 Å². The molecule has 3 N–H and O–H groups in total. The van der Waals surface area contributed by atoms with Gasteiger partial charge in [0.1, 0.15) is 0 Å². The second-order valence-electron chi connectivity index (χ2n) is 4.75. The van der Waals surface area contributed by atoms with Gasteiger partial charge in [0.15, 0.2) is 5.25 Å². The molecule has 0 spiro atoms. The zero-order valence-electron chi connectivity index (χ0n) is 11.3. The zero-order chi connectivity index (χ0) is 15.6. The van der Waals surface area contributed by atoms with Gasteiger partial charge in [-0.05, 0) is 12.8 Å². The standard InChI is InChI=1S/C12H22O7S/c13-11(14)9-7-5-3-1-2-4-6-8-10(12(15)16)20(17,18)19/h10H,1-9H2,(H,13,14)(H,15,16)(H,17,18,19). The second-order valence-corrected chi connectivity index (χ2v) is 6.35. The van der Waals surface area contributed by atoms with Crippen molar-refractivity contribution in [3.63, 3.8) is 0 Å². The van der Waals surface area contributed by atoms with Crippen LogP contribution in [0.25, 0.3) is 0 Å². The van der Waals surface area contributed by atoms with Gasteiger partial charge in [0.25, 0.3) is 10.1 Å². The van der Waals surface area contributed by atoms with Gasteiger partial charge in [0, 0.05) is 6.42 Å². The van der Waals surface area contributed by atoms with Crippen molar-refractivity contribution in [3.05, 3.63) is 0 Å². The third-order valence-corrected chi connectivity index (χ3v) is 4.15. The normalized spacial score (nSPS) is 13.1. The SMILES string of the molecule is O=C(O)CCCCCCCCCC(C(=O)O)S(=O)(=O)O. The molecule has 0 aromatic carbocycles. The van der Waals surface area contributed by atoms with Crippen molar-refractivity contribution in [2.75, 3.05) is 0 Å². The van der Waals surface area contributed by atoms with Crippen LogP contribution in [0.5, 0.6) is 0 Å². The van der Waals surface area contributed by atoms with Crippen molar-refractivity contribution in [1.82, 2.24) is 0 Å². The van der Waals surface area contributed by atoms with E-state index in [1.54, 1.807) is 0 Å². The van der Waals surface area contributed by atoms with E-state index in [0.717, 1.165) is 25.7 Å². The molecule has 0 fully saturated rings. The summed E-state index contributed by atoms with van der Waals surface area (Å²) in [6.45, 7) is 0. The molecule has 1 atom stereocenters. The molecule has 0 aliphatic carbocycles. The van der Waals surface area contributed by atoms with E-state index < -0.39 is 27.3 Å². The first kappa shape index (κ1) is 18.9. The Bertz CT molecular complexity index is 402. The predicted octanol–water partition coefficient (Wildman–Crippen LogP) is 1.92. The van der Waals surface area contributed by atoms with Gasteiger partial charge in [0.2, 0.25) is 0 Å². The number of carboxylic acids is 2. The minimum absolute atomic E-state index is 0.0901. The number of rotatable bonds is 12. The molecule has 0 heterocycles. The van der Waals surface area contributed by atoms with E-state index in [2.05, 4.69) is 0 Å². The molecule has 0 aliphatic heterocycles. The maximum absolute atomic E-state index is 10.8. The van der Waals surface area contributed by atoms with E-state index in [1.165, 1.54) is 0 Å². The summed E-state index contributed by atoms with van der Waals surface area (Å²) in [5.74, 6) is -2.32. The monoisotopic (exact) mass is 310 g/mol. The number of unbranched alkanes of at least 4 members (excludes halogenated alkanes) is 6. The van der Waals surface area contributed by atoms with Crippen LogP contribution in [0.15, 0.2) is 0 Å². The summed E-state index contributed by atoms with van der Waals surface area (Å²) < 4.78 is 30.3. The number of aliphatic carboxylic acids is 2. The van der Waals surface area contributed by atoms with E-state index >= 15 is 0 Å². The van der Waals surface area contributed by atoms with Crippen LogP contribution in [0.4, 0.5) is 0 Å². The van der Waals surface area contributed by atoms with E-state index in [0.29, 0.717) is 19.3 Å². The zero-order valence-corrected chi connectivity index (χ0v) is 12.1. The fourth-order valence-corrected chi connectivity index (χ4v) is 2.61. The largest absolute Gasteiger partial charge is 0.481 e. The van der Waals surface area contributed by atoms with Gasteiger partial charge >= 0.3 is 11.9 Å². The van der Waals surface area contributed by atoms with Gasteiger partial charge < -0.3 is 10.2 Å². The summed E-state index contributed by atoms with van der Waals surface area (Å²) in [5, 5.41) is 15.4. The molecule has 0 saturated carbocycles. The lowest BCUT2D eigenvalue weighted by Gasteiger charge is -2.08. The molecular formula is C12H22O7S. The van der Waals surface area contributed by atoms with Crippen molar-refractivity contribution in [2.45, 2.75) is 63.0 Å². The van der Waals surface area contributed by atoms with Crippen LogP contribution in [-0.4, -0.2) is 40.4 Å². The minimum Gasteiger partial charge on any atom is -0.481 e. The van der Waals surface area contributed by atoms with Crippen molar-refractivity contribution >= 4 is 22.1 Å². The molecule has 0 amide bonds. The molecule has 118 valence electrons. The highest BCUT2D eigenvalue weighted by Gasteiger charge is 2.29. The molecule has 7 nitrogen and oxygen atoms in total. The number of carbonyl (C=O) groups is 2. The van der Waals surface area contributed by atoms with Gasteiger partial charge in [0.05, 0.1) is 0 Å². The second kappa shape index (κ2) is 9.71. The molecule has 0 saturated heterocycles. The third-order valence-electron chi connectivity index (χ3n) is 2.99. The smallest absolute Gasteiger partial charge is 0.324 e. The maximum Gasteiger partial charge on any atom is 0.324 e. The van der Waals surface area contributed by atoms with Gasteiger partial charge in [-0.15, -0.1) is 0 Å². The Morgan fingerprint density at radius 3 is 1.70 bits per heavy atom. The first-order valence-electron chi connectivity index (χ1n) is 6.66. The number of hydrogen-bond acceptors (Lipinski definition) is 4. The Hall–Kier alpha value is -1.15. The highest BCUT2D eigenvalue weighted by molar-refractivity contribution is 7.87. The molecule has 8 heteroatoms. The quantitative estimate of drug-likeness (QED) is 0.371. The summed E-state index contributed by atoms with van der Waals surface area (Å²) in [6, 6.07) is 0. The molecule has 1 unspecified atom stereocenters. The van der Waals surface area contributed by atoms with Crippen LogP contribution in [0.2, 0.25) is 0 Å². The summed E-state index contributed by atoms with van der Waals surface area (Å²) in [5.41, 5.74) is 0. The number of carboxylic acid groups (broad SMARTS) is 2. The van der Waals surface area contributed by atoms with Crippen molar-refractivity contribution < 1.29 is 32.8 Å². The molecule has 0 aromatic heterocycles. The number of hydrogen-bond donors (Lipinski definition) is 3. The first-order valence-corrected chi connectivity index (χ1v) is 8.16. The summed E-state index contributed by atoms with van der Waals surface area (Å²) in [4.78, 5) is 20.9. The molecule has 0 bridgehead atoms. The Kier molecular flexibility index (Phi) is 9.15. The highest BCUT2D eigenvalue weighted by atomic mass is 32.2. The molecule has 0 radical (unpaired) electrons. The fourth-order valence-electron chi connectivity index (χ4n) is 1.89. The average Bonchev–Trinajstić information content (AvgIpc) is 2.28. The lowest BCUT2D eigenvalue weighted by atomic mass is 10.1. The van der Waals surface area contributed by atoms with Crippen LogP contribution in [-0.2, 0) is 19.7 Å². The fraction of sp³-hybridized carbons (Fsp3) is 0.833. The highest BCUT2D eigenvalue weighted by Crippen LogP contribution is 2.13.